The largest absolute Gasteiger partial charge is 0.461 e. The molecule has 1 N–H and O–H groups in total. The van der Waals surface area contributed by atoms with Crippen LogP contribution in [0.1, 0.15) is 5.56 Å². The molecule has 1 aromatic carbocycles. The summed E-state index contributed by atoms with van der Waals surface area (Å²) in [4.78, 5) is 12.3. The molecule has 0 aromatic heterocycles. The van der Waals surface area contributed by atoms with Crippen molar-refractivity contribution >= 4 is 5.97 Å². The first-order valence-electron chi connectivity index (χ1n) is 6.83. The molecule has 3 rings (SSSR count). The lowest BCUT2D eigenvalue weighted by Gasteiger charge is -2.40. The van der Waals surface area contributed by atoms with Gasteiger partial charge in [0.25, 0.3) is 0 Å². The molecule has 2 aliphatic rings. The molecule has 2 bridgehead atoms. The maximum absolute atomic E-state index is 12.3. The summed E-state index contributed by atoms with van der Waals surface area (Å²) < 4.78 is 11.0. The van der Waals surface area contributed by atoms with Gasteiger partial charge in [0.1, 0.15) is 6.61 Å². The van der Waals surface area contributed by atoms with Crippen molar-refractivity contribution in [3.63, 3.8) is 0 Å². The van der Waals surface area contributed by atoms with Crippen molar-refractivity contribution in [2.24, 2.45) is 17.8 Å². The molecule has 0 spiro atoms. The second kappa shape index (κ2) is 5.72. The number of carbonyl (C=O) groups is 1. The first-order valence-corrected chi connectivity index (χ1v) is 6.83. The molecule has 2 aliphatic heterocycles. The number of hydrogen-bond donors (Lipinski definition) is 1. The highest BCUT2D eigenvalue weighted by Crippen LogP contribution is 2.31. The summed E-state index contributed by atoms with van der Waals surface area (Å²) in [6, 6.07) is 9.81. The molecule has 2 saturated heterocycles. The zero-order valence-electron chi connectivity index (χ0n) is 10.9. The Hall–Kier alpha value is -1.39. The average molecular weight is 261 g/mol. The van der Waals surface area contributed by atoms with Crippen LogP contribution in [0.3, 0.4) is 0 Å². The van der Waals surface area contributed by atoms with E-state index in [9.17, 15) is 4.79 Å². The lowest BCUT2D eigenvalue weighted by Crippen LogP contribution is -2.53. The van der Waals surface area contributed by atoms with Crippen LogP contribution < -0.4 is 5.32 Å². The molecular weight excluding hydrogens is 242 g/mol. The minimum Gasteiger partial charge on any atom is -0.461 e. The predicted octanol–water partition coefficient (Wildman–Crippen LogP) is 1.21. The van der Waals surface area contributed by atoms with Crippen molar-refractivity contribution in [3.8, 4) is 0 Å². The van der Waals surface area contributed by atoms with Crippen LogP contribution in [0.4, 0.5) is 0 Å². The van der Waals surface area contributed by atoms with E-state index in [4.69, 9.17) is 9.47 Å². The quantitative estimate of drug-likeness (QED) is 0.831. The zero-order valence-corrected chi connectivity index (χ0v) is 10.9. The third kappa shape index (κ3) is 2.80. The van der Waals surface area contributed by atoms with Gasteiger partial charge in [0.05, 0.1) is 19.1 Å². The van der Waals surface area contributed by atoms with Crippen LogP contribution in [0.25, 0.3) is 0 Å². The minimum absolute atomic E-state index is 0.00119. The number of piperidine rings is 1. The van der Waals surface area contributed by atoms with E-state index in [0.29, 0.717) is 19.8 Å². The van der Waals surface area contributed by atoms with E-state index in [1.807, 2.05) is 30.3 Å². The number of esters is 1. The van der Waals surface area contributed by atoms with Crippen molar-refractivity contribution in [1.29, 1.82) is 0 Å². The van der Waals surface area contributed by atoms with E-state index < -0.39 is 0 Å². The van der Waals surface area contributed by atoms with Crippen LogP contribution >= 0.6 is 0 Å². The van der Waals surface area contributed by atoms with Gasteiger partial charge in [0, 0.05) is 24.9 Å². The molecule has 0 radical (unpaired) electrons. The highest BCUT2D eigenvalue weighted by atomic mass is 16.5. The van der Waals surface area contributed by atoms with Crippen LogP contribution in [-0.2, 0) is 20.9 Å². The van der Waals surface area contributed by atoms with Crippen LogP contribution in [-0.4, -0.2) is 32.3 Å². The Morgan fingerprint density at radius 1 is 1.21 bits per heavy atom. The molecule has 4 heteroatoms. The molecule has 0 amide bonds. The van der Waals surface area contributed by atoms with E-state index in [-0.39, 0.29) is 23.7 Å². The van der Waals surface area contributed by atoms with E-state index in [0.717, 1.165) is 18.7 Å². The van der Waals surface area contributed by atoms with E-state index in [1.54, 1.807) is 0 Å². The fraction of sp³-hybridized carbons (Fsp3) is 0.533. The van der Waals surface area contributed by atoms with Gasteiger partial charge in [-0.15, -0.1) is 0 Å². The van der Waals surface area contributed by atoms with Crippen molar-refractivity contribution in [2.75, 3.05) is 26.3 Å². The number of carbonyl (C=O) groups excluding carboxylic acids is 1. The summed E-state index contributed by atoms with van der Waals surface area (Å²) in [5.74, 6) is 0.453. The lowest BCUT2D eigenvalue weighted by molar-refractivity contribution is -0.163. The highest BCUT2D eigenvalue weighted by molar-refractivity contribution is 5.73. The van der Waals surface area contributed by atoms with Gasteiger partial charge in [0.2, 0.25) is 0 Å². The second-order valence-electron chi connectivity index (χ2n) is 5.33. The number of hydrogen-bond acceptors (Lipinski definition) is 4. The topological polar surface area (TPSA) is 47.6 Å². The normalized spacial score (nSPS) is 29.8. The number of rotatable bonds is 3. The van der Waals surface area contributed by atoms with Crippen molar-refractivity contribution in [1.82, 2.24) is 5.32 Å². The number of fused-ring (bicyclic) bond motifs is 2. The summed E-state index contributed by atoms with van der Waals surface area (Å²) >= 11 is 0. The van der Waals surface area contributed by atoms with Gasteiger partial charge in [-0.25, -0.2) is 0 Å². The van der Waals surface area contributed by atoms with Crippen molar-refractivity contribution < 1.29 is 14.3 Å². The maximum atomic E-state index is 12.3. The van der Waals surface area contributed by atoms with Gasteiger partial charge in [-0.05, 0) is 5.56 Å². The van der Waals surface area contributed by atoms with Gasteiger partial charge in [-0.1, -0.05) is 30.3 Å². The molecule has 1 aromatic rings. The molecule has 19 heavy (non-hydrogen) atoms. The smallest absolute Gasteiger partial charge is 0.310 e. The summed E-state index contributed by atoms with van der Waals surface area (Å²) in [5, 5.41) is 3.36. The first-order chi connectivity index (χ1) is 9.34. The van der Waals surface area contributed by atoms with Crippen LogP contribution in [0.5, 0.6) is 0 Å². The van der Waals surface area contributed by atoms with Gasteiger partial charge >= 0.3 is 5.97 Å². The number of ether oxygens (including phenoxy) is 2. The Morgan fingerprint density at radius 2 is 1.89 bits per heavy atom. The second-order valence-corrected chi connectivity index (χ2v) is 5.33. The molecule has 4 nitrogen and oxygen atoms in total. The summed E-state index contributed by atoms with van der Waals surface area (Å²) in [6.45, 7) is 3.39. The maximum Gasteiger partial charge on any atom is 0.310 e. The summed E-state index contributed by atoms with van der Waals surface area (Å²) in [6.07, 6.45) is 0. The molecular formula is C15H19NO3. The molecule has 2 heterocycles. The Bertz CT molecular complexity index is 412. The molecule has 0 aliphatic carbocycles. The van der Waals surface area contributed by atoms with E-state index in [2.05, 4.69) is 5.32 Å². The molecule has 2 atom stereocenters. The zero-order chi connectivity index (χ0) is 13.1. The lowest BCUT2D eigenvalue weighted by atomic mass is 9.77. The highest BCUT2D eigenvalue weighted by Gasteiger charge is 2.42. The van der Waals surface area contributed by atoms with Crippen molar-refractivity contribution in [2.45, 2.75) is 6.61 Å². The van der Waals surface area contributed by atoms with Gasteiger partial charge in [0.15, 0.2) is 0 Å². The third-order valence-electron chi connectivity index (χ3n) is 3.99. The predicted molar refractivity (Wildman–Crippen MR) is 70.4 cm³/mol. The molecule has 0 saturated carbocycles. The Morgan fingerprint density at radius 3 is 2.58 bits per heavy atom. The SMILES string of the molecule is O=C(OCc1ccccc1)C1C2CNCC1COC2. The van der Waals surface area contributed by atoms with Gasteiger partial charge < -0.3 is 14.8 Å². The van der Waals surface area contributed by atoms with Crippen molar-refractivity contribution in [3.05, 3.63) is 35.9 Å². The monoisotopic (exact) mass is 261 g/mol. The fourth-order valence-electron chi connectivity index (χ4n) is 3.00. The van der Waals surface area contributed by atoms with Crippen LogP contribution in [0, 0.1) is 17.8 Å². The average Bonchev–Trinajstić information content (AvgIpc) is 2.45. The fourth-order valence-corrected chi connectivity index (χ4v) is 3.00. The third-order valence-corrected chi connectivity index (χ3v) is 3.99. The molecule has 2 fully saturated rings. The number of benzene rings is 1. The molecule has 102 valence electrons. The minimum atomic E-state index is -0.0661. The first kappa shape index (κ1) is 12.6. The Kier molecular flexibility index (Phi) is 3.80. The molecule has 2 unspecified atom stereocenters. The van der Waals surface area contributed by atoms with Crippen LogP contribution in [0.2, 0.25) is 0 Å². The van der Waals surface area contributed by atoms with Gasteiger partial charge in [-0.3, -0.25) is 4.79 Å². The van der Waals surface area contributed by atoms with Crippen LogP contribution in [0.15, 0.2) is 30.3 Å². The Balaban J connectivity index is 1.60. The van der Waals surface area contributed by atoms with E-state index >= 15 is 0 Å². The van der Waals surface area contributed by atoms with Gasteiger partial charge in [-0.2, -0.15) is 0 Å². The summed E-state index contributed by atoms with van der Waals surface area (Å²) in [7, 11) is 0. The summed E-state index contributed by atoms with van der Waals surface area (Å²) in [5.41, 5.74) is 1.03. The standard InChI is InChI=1S/C15H19NO3/c17-15(19-8-11-4-2-1-3-5-11)14-12-6-16-7-13(14)10-18-9-12/h1-5,12-14,16H,6-10H2. The number of nitrogens with one attached hydrogen (secondary N) is 1. The van der Waals surface area contributed by atoms with E-state index in [1.165, 1.54) is 0 Å². The Labute approximate surface area is 113 Å².